The third kappa shape index (κ3) is 2.53. The number of para-hydroxylation sites is 1. The first-order chi connectivity index (χ1) is 8.59. The van der Waals surface area contributed by atoms with E-state index in [2.05, 4.69) is 31.2 Å². The van der Waals surface area contributed by atoms with Gasteiger partial charge in [0.2, 0.25) is 0 Å². The molecule has 2 rings (SSSR count). The van der Waals surface area contributed by atoms with Gasteiger partial charge in [0.1, 0.15) is 12.0 Å². The number of benzene rings is 1. The molecule has 0 saturated heterocycles. The van der Waals surface area contributed by atoms with Gasteiger partial charge in [0.25, 0.3) is 0 Å². The Morgan fingerprint density at radius 3 is 2.61 bits per heavy atom. The molecule has 0 aliphatic rings. The van der Waals surface area contributed by atoms with Gasteiger partial charge in [0, 0.05) is 18.6 Å². The molecule has 3 N–H and O–H groups in total. The van der Waals surface area contributed by atoms with Crippen molar-refractivity contribution >= 4 is 38.9 Å². The highest BCUT2D eigenvalue weighted by atomic mass is 79.9. The van der Waals surface area contributed by atoms with Crippen molar-refractivity contribution in [2.24, 2.45) is 0 Å². The van der Waals surface area contributed by atoms with E-state index in [1.165, 1.54) is 6.33 Å². The molecule has 94 valence electrons. The Balaban J connectivity index is 2.36. The maximum Gasteiger partial charge on any atom is 0.159 e. The normalized spacial score (nSPS) is 10.2. The maximum absolute atomic E-state index is 6.04. The second kappa shape index (κ2) is 5.22. The van der Waals surface area contributed by atoms with E-state index in [-0.39, 0.29) is 0 Å². The zero-order valence-electron chi connectivity index (χ0n) is 10.2. The molecule has 2 aromatic rings. The summed E-state index contributed by atoms with van der Waals surface area (Å²) in [5, 5.41) is 3.19. The number of hydrogen-bond acceptors (Lipinski definition) is 5. The molecule has 18 heavy (non-hydrogen) atoms. The first-order valence-corrected chi connectivity index (χ1v) is 6.18. The van der Waals surface area contributed by atoms with Gasteiger partial charge in [-0.15, -0.1) is 0 Å². The molecule has 0 amide bonds. The fraction of sp³-hybridized carbons (Fsp3) is 0.167. The Kier molecular flexibility index (Phi) is 3.66. The number of nitrogens with one attached hydrogen (secondary N) is 1. The quantitative estimate of drug-likeness (QED) is 0.912. The molecule has 0 aliphatic heterocycles. The van der Waals surface area contributed by atoms with E-state index in [4.69, 9.17) is 5.73 Å². The third-order valence-electron chi connectivity index (χ3n) is 2.41. The third-order valence-corrected chi connectivity index (χ3v) is 3.10. The standard InChI is InChI=1S/C12H14BrN5/c1-18(2)12-10(14)11(15-7-16-12)17-9-6-4-3-5-8(9)13/h3-7H,14H2,1-2H3,(H,15,16,17). The van der Waals surface area contributed by atoms with Crippen LogP contribution in [0.5, 0.6) is 0 Å². The topological polar surface area (TPSA) is 67.1 Å². The number of hydrogen-bond donors (Lipinski definition) is 2. The minimum atomic E-state index is 0.526. The summed E-state index contributed by atoms with van der Waals surface area (Å²) in [7, 11) is 3.78. The van der Waals surface area contributed by atoms with E-state index < -0.39 is 0 Å². The molecule has 1 aromatic carbocycles. The van der Waals surface area contributed by atoms with Crippen LogP contribution in [-0.2, 0) is 0 Å². The number of nitrogens with zero attached hydrogens (tertiary/aromatic N) is 3. The van der Waals surface area contributed by atoms with E-state index in [9.17, 15) is 0 Å². The van der Waals surface area contributed by atoms with Gasteiger partial charge < -0.3 is 16.0 Å². The van der Waals surface area contributed by atoms with Crippen molar-refractivity contribution in [3.05, 3.63) is 35.1 Å². The Hall–Kier alpha value is -1.82. The first kappa shape index (κ1) is 12.6. The fourth-order valence-corrected chi connectivity index (χ4v) is 1.92. The highest BCUT2D eigenvalue weighted by Gasteiger charge is 2.10. The molecule has 0 unspecified atom stereocenters. The highest BCUT2D eigenvalue weighted by Crippen LogP contribution is 2.30. The Bertz CT molecular complexity index is 556. The van der Waals surface area contributed by atoms with E-state index in [0.717, 1.165) is 10.2 Å². The maximum atomic E-state index is 6.04. The van der Waals surface area contributed by atoms with Crippen molar-refractivity contribution < 1.29 is 0 Å². The number of rotatable bonds is 3. The van der Waals surface area contributed by atoms with Gasteiger partial charge in [-0.05, 0) is 28.1 Å². The molecule has 0 saturated carbocycles. The van der Waals surface area contributed by atoms with Crippen molar-refractivity contribution in [2.45, 2.75) is 0 Å². The second-order valence-electron chi connectivity index (χ2n) is 3.96. The van der Waals surface area contributed by atoms with E-state index in [1.807, 2.05) is 43.3 Å². The Labute approximate surface area is 114 Å². The van der Waals surface area contributed by atoms with Crippen molar-refractivity contribution in [1.82, 2.24) is 9.97 Å². The summed E-state index contributed by atoms with van der Waals surface area (Å²) < 4.78 is 0.953. The molecule has 0 radical (unpaired) electrons. The van der Waals surface area contributed by atoms with Gasteiger partial charge in [-0.25, -0.2) is 9.97 Å². The highest BCUT2D eigenvalue weighted by molar-refractivity contribution is 9.10. The molecule has 0 fully saturated rings. The van der Waals surface area contributed by atoms with Crippen LogP contribution in [0.15, 0.2) is 35.1 Å². The van der Waals surface area contributed by atoms with Crippen LogP contribution in [-0.4, -0.2) is 24.1 Å². The number of anilines is 4. The van der Waals surface area contributed by atoms with Crippen molar-refractivity contribution in [2.75, 3.05) is 30.0 Å². The molecule has 0 atom stereocenters. The summed E-state index contributed by atoms with van der Waals surface area (Å²) in [4.78, 5) is 10.2. The fourth-order valence-electron chi connectivity index (χ4n) is 1.53. The number of nitrogen functional groups attached to an aromatic ring is 1. The van der Waals surface area contributed by atoms with E-state index >= 15 is 0 Å². The van der Waals surface area contributed by atoms with E-state index in [0.29, 0.717) is 17.3 Å². The van der Waals surface area contributed by atoms with Gasteiger partial charge >= 0.3 is 0 Å². The zero-order chi connectivity index (χ0) is 13.1. The van der Waals surface area contributed by atoms with Crippen LogP contribution in [0.4, 0.5) is 23.0 Å². The lowest BCUT2D eigenvalue weighted by molar-refractivity contribution is 1.04. The van der Waals surface area contributed by atoms with Gasteiger partial charge in [0.15, 0.2) is 11.6 Å². The molecule has 5 nitrogen and oxygen atoms in total. The predicted octanol–water partition coefficient (Wildman–Crippen LogP) is 2.63. The number of aromatic nitrogens is 2. The van der Waals surface area contributed by atoms with Crippen LogP contribution in [0.2, 0.25) is 0 Å². The van der Waals surface area contributed by atoms with Crippen LogP contribution >= 0.6 is 15.9 Å². The zero-order valence-corrected chi connectivity index (χ0v) is 11.8. The summed E-state index contributed by atoms with van der Waals surface area (Å²) in [6, 6.07) is 7.79. The average molecular weight is 308 g/mol. The summed E-state index contributed by atoms with van der Waals surface area (Å²) in [5.74, 6) is 1.29. The average Bonchev–Trinajstić information content (AvgIpc) is 2.34. The first-order valence-electron chi connectivity index (χ1n) is 5.39. The Morgan fingerprint density at radius 2 is 1.94 bits per heavy atom. The number of nitrogens with two attached hydrogens (primary N) is 1. The monoisotopic (exact) mass is 307 g/mol. The molecule has 0 spiro atoms. The minimum Gasteiger partial charge on any atom is -0.393 e. The SMILES string of the molecule is CN(C)c1ncnc(Nc2ccccc2Br)c1N. The molecular formula is C12H14BrN5. The molecule has 1 heterocycles. The minimum absolute atomic E-state index is 0.526. The van der Waals surface area contributed by atoms with Gasteiger partial charge in [-0.3, -0.25) is 0 Å². The van der Waals surface area contributed by atoms with Crippen molar-refractivity contribution in [3.63, 3.8) is 0 Å². The van der Waals surface area contributed by atoms with E-state index in [1.54, 1.807) is 0 Å². The predicted molar refractivity (Wildman–Crippen MR) is 78.2 cm³/mol. The molecule has 6 heteroatoms. The van der Waals surface area contributed by atoms with Crippen molar-refractivity contribution in [3.8, 4) is 0 Å². The van der Waals surface area contributed by atoms with Gasteiger partial charge in [-0.1, -0.05) is 12.1 Å². The smallest absolute Gasteiger partial charge is 0.159 e. The number of halogens is 1. The molecule has 0 bridgehead atoms. The van der Waals surface area contributed by atoms with Crippen LogP contribution in [0.1, 0.15) is 0 Å². The lowest BCUT2D eigenvalue weighted by Crippen LogP contribution is -2.14. The summed E-state index contributed by atoms with van der Waals surface area (Å²) in [6.07, 6.45) is 1.49. The second-order valence-corrected chi connectivity index (χ2v) is 4.81. The Morgan fingerprint density at radius 1 is 1.22 bits per heavy atom. The summed E-state index contributed by atoms with van der Waals surface area (Å²) >= 11 is 3.47. The summed E-state index contributed by atoms with van der Waals surface area (Å²) in [5.41, 5.74) is 7.47. The van der Waals surface area contributed by atoms with Crippen LogP contribution in [0.25, 0.3) is 0 Å². The molecule has 1 aromatic heterocycles. The lowest BCUT2D eigenvalue weighted by atomic mass is 10.3. The van der Waals surface area contributed by atoms with Crippen LogP contribution in [0, 0.1) is 0 Å². The largest absolute Gasteiger partial charge is 0.393 e. The van der Waals surface area contributed by atoms with Gasteiger partial charge in [-0.2, -0.15) is 0 Å². The molecule has 0 aliphatic carbocycles. The van der Waals surface area contributed by atoms with Crippen molar-refractivity contribution in [1.29, 1.82) is 0 Å². The van der Waals surface area contributed by atoms with Crippen LogP contribution in [0.3, 0.4) is 0 Å². The summed E-state index contributed by atoms with van der Waals surface area (Å²) in [6.45, 7) is 0. The van der Waals surface area contributed by atoms with Crippen LogP contribution < -0.4 is 16.0 Å². The lowest BCUT2D eigenvalue weighted by Gasteiger charge is -2.16. The molecular weight excluding hydrogens is 294 g/mol. The van der Waals surface area contributed by atoms with Gasteiger partial charge in [0.05, 0.1) is 5.69 Å².